The van der Waals surface area contributed by atoms with Crippen LogP contribution in [0, 0.1) is 17.6 Å². The molecular weight excluding hydrogens is 1540 g/mol. The van der Waals surface area contributed by atoms with Gasteiger partial charge in [-0.2, -0.15) is 9.35 Å². The molecule has 6 atom stereocenters. The number of pyridine rings is 2. The van der Waals surface area contributed by atoms with E-state index in [0.29, 0.717) is 55.5 Å². The van der Waals surface area contributed by atoms with Gasteiger partial charge in [-0.05, 0) is 141 Å². The topological polar surface area (TPSA) is 459 Å². The van der Waals surface area contributed by atoms with E-state index >= 15 is 4.39 Å². The quantitative estimate of drug-likeness (QED) is 0.0187. The molecule has 4 heterocycles. The zero-order chi connectivity index (χ0) is 80.2. The number of nitrogens with zero attached hydrogens (tertiary/aromatic N) is 4. The number of carbonyl (C=O) groups excluding carboxylic acids is 9. The number of benzene rings is 4. The van der Waals surface area contributed by atoms with Crippen molar-refractivity contribution in [2.24, 2.45) is 10.3 Å². The van der Waals surface area contributed by atoms with Crippen molar-refractivity contribution in [3.05, 3.63) is 138 Å². The molecular formula is C74H90F2N14Na2O19S2. The summed E-state index contributed by atoms with van der Waals surface area (Å²) in [5.41, 5.74) is 1.88. The Morgan fingerprint density at radius 1 is 0.690 bits per heavy atom. The van der Waals surface area contributed by atoms with Gasteiger partial charge in [0, 0.05) is 103 Å². The van der Waals surface area contributed by atoms with Gasteiger partial charge in [0.25, 0.3) is 15.9 Å². The van der Waals surface area contributed by atoms with Gasteiger partial charge in [-0.25, -0.2) is 40.8 Å². The first-order valence-corrected chi connectivity index (χ1v) is 39.4. The number of nitrogens with one attached hydrogen (secondary N) is 10. The van der Waals surface area contributed by atoms with E-state index in [1.807, 2.05) is 13.8 Å². The summed E-state index contributed by atoms with van der Waals surface area (Å²) < 4.78 is 106. The number of hydrogen-bond donors (Lipinski definition) is 10. The van der Waals surface area contributed by atoms with Crippen molar-refractivity contribution in [2.75, 3.05) is 98.1 Å². The molecule has 8 rings (SSSR count). The molecule has 10 amide bonds. The molecule has 2 aliphatic heterocycles. The number of carbonyl (C=O) groups is 9. The third-order valence-electron chi connectivity index (χ3n) is 16.9. The summed E-state index contributed by atoms with van der Waals surface area (Å²) in [5.74, 6) is -8.04. The number of fused-ring (bicyclic) bond motifs is 6. The zero-order valence-corrected chi connectivity index (χ0v) is 69.3. The van der Waals surface area contributed by atoms with E-state index < -0.39 is 128 Å². The van der Waals surface area contributed by atoms with Crippen LogP contribution in [0.3, 0.4) is 0 Å². The van der Waals surface area contributed by atoms with Crippen LogP contribution in [-0.4, -0.2) is 178 Å². The Morgan fingerprint density at radius 2 is 1.35 bits per heavy atom. The van der Waals surface area contributed by atoms with Crippen molar-refractivity contribution in [3.63, 3.8) is 0 Å². The molecule has 39 heteroatoms. The number of ether oxygens (including phenoxy) is 5. The second-order valence-corrected chi connectivity index (χ2v) is 30.4. The van der Waals surface area contributed by atoms with Crippen molar-refractivity contribution in [1.29, 1.82) is 0 Å². The van der Waals surface area contributed by atoms with Gasteiger partial charge in [0.1, 0.15) is 47.1 Å². The van der Waals surface area contributed by atoms with Gasteiger partial charge in [-0.1, -0.05) is 39.0 Å². The van der Waals surface area contributed by atoms with Gasteiger partial charge in [0.15, 0.2) is 0 Å². The fourth-order valence-corrected chi connectivity index (χ4v) is 14.0. The molecule has 0 aliphatic carbocycles. The van der Waals surface area contributed by atoms with Crippen LogP contribution in [0.15, 0.2) is 125 Å². The van der Waals surface area contributed by atoms with Crippen LogP contribution in [0.25, 0.3) is 11.1 Å². The molecule has 0 saturated carbocycles. The summed E-state index contributed by atoms with van der Waals surface area (Å²) in [5, 5.41) is 47.4. The predicted molar refractivity (Wildman–Crippen MR) is 401 cm³/mol. The third kappa shape index (κ3) is 30.6. The monoisotopic (exact) mass is 1630 g/mol. The van der Waals surface area contributed by atoms with Crippen LogP contribution >= 0.6 is 0 Å². The van der Waals surface area contributed by atoms with Crippen molar-refractivity contribution < 1.29 is 158 Å². The first-order valence-electron chi connectivity index (χ1n) is 35.8. The minimum atomic E-state index is -4.21. The van der Waals surface area contributed by atoms with Gasteiger partial charge in [-0.3, -0.25) is 23.9 Å². The number of aromatic nitrogens is 2. The Labute approximate surface area is 697 Å². The normalized spacial score (nSPS) is 15.2. The number of carboxylic acid groups (broad SMARTS) is 2. The minimum Gasteiger partial charge on any atom is -0.550 e. The maximum absolute atomic E-state index is 15.4. The van der Waals surface area contributed by atoms with Crippen LogP contribution in [0.4, 0.5) is 57.5 Å². The Balaban J connectivity index is 0.00000995. The van der Waals surface area contributed by atoms with E-state index in [9.17, 15) is 70.4 Å². The first-order chi connectivity index (χ1) is 53.0. The third-order valence-corrected chi connectivity index (χ3v) is 19.7. The van der Waals surface area contributed by atoms with Crippen molar-refractivity contribution in [1.82, 2.24) is 41.5 Å². The van der Waals surface area contributed by atoms with Gasteiger partial charge in [-0.15, -0.1) is 0 Å². The number of anilines is 6. The number of halogens is 2. The summed E-state index contributed by atoms with van der Waals surface area (Å²) in [7, 11) is -7.64. The number of sulfonamides is 1. The number of rotatable bonds is 34. The summed E-state index contributed by atoms with van der Waals surface area (Å²) in [6.45, 7) is 8.12. The maximum Gasteiger partial charge on any atom is 1.00 e. The molecule has 10 N–H and O–H groups in total. The van der Waals surface area contributed by atoms with E-state index in [4.69, 9.17) is 23.7 Å². The molecule has 4 bridgehead atoms. The fraction of sp³-hybridized carbons (Fsp3) is 0.419. The molecule has 1 fully saturated rings. The van der Waals surface area contributed by atoms with Crippen LogP contribution in [0.5, 0.6) is 11.6 Å². The summed E-state index contributed by atoms with van der Waals surface area (Å²) in [4.78, 5) is 126. The Morgan fingerprint density at radius 3 is 2.04 bits per heavy atom. The molecule has 1 saturated heterocycles. The molecule has 4 aromatic carbocycles. The number of amides is 10. The van der Waals surface area contributed by atoms with Gasteiger partial charge in [0.05, 0.1) is 85.0 Å². The predicted octanol–water partition coefficient (Wildman–Crippen LogP) is -0.0189. The number of urea groups is 3. The van der Waals surface area contributed by atoms with Crippen molar-refractivity contribution in [2.45, 2.75) is 126 Å². The number of carboxylic acids is 2. The summed E-state index contributed by atoms with van der Waals surface area (Å²) in [6, 6.07) is 18.3. The van der Waals surface area contributed by atoms with Crippen LogP contribution in [-0.2, 0) is 68.5 Å². The average molecular weight is 1630 g/mol. The van der Waals surface area contributed by atoms with E-state index in [1.54, 1.807) is 19.9 Å². The Kier molecular flexibility index (Phi) is 37.5. The number of aliphatic carboxylic acids is 2. The number of likely N-dealkylation sites (tertiary alicyclic amines) is 1. The molecule has 0 unspecified atom stereocenters. The second kappa shape index (κ2) is 45.7. The molecule has 2 aliphatic rings. The largest absolute Gasteiger partial charge is 1.00 e. The molecule has 0 radical (unpaired) electrons. The average Bonchev–Trinajstić information content (AvgIpc) is 1.78. The summed E-state index contributed by atoms with van der Waals surface area (Å²) in [6.07, 6.45) is 2.91. The van der Waals surface area contributed by atoms with Crippen molar-refractivity contribution >= 4 is 108 Å². The molecule has 2 aromatic heterocycles. The fourth-order valence-electron chi connectivity index (χ4n) is 11.6. The molecule has 113 heavy (non-hydrogen) atoms. The zero-order valence-electron chi connectivity index (χ0n) is 63.7. The van der Waals surface area contributed by atoms with E-state index in [1.165, 1.54) is 109 Å². The first kappa shape index (κ1) is 92.7. The molecule has 6 aromatic rings. The smallest absolute Gasteiger partial charge is 0.550 e. The van der Waals surface area contributed by atoms with Gasteiger partial charge < -0.3 is 96.2 Å². The number of hydrogen-bond acceptors (Lipinski definition) is 22. The second-order valence-electron chi connectivity index (χ2n) is 26.3. The van der Waals surface area contributed by atoms with Gasteiger partial charge in [0.2, 0.25) is 23.6 Å². The van der Waals surface area contributed by atoms with Crippen LogP contribution < -0.4 is 131 Å². The Hall–Kier alpha value is -9.15. The van der Waals surface area contributed by atoms with E-state index in [2.05, 4.69) is 66.9 Å². The molecule has 598 valence electrons. The van der Waals surface area contributed by atoms with Crippen molar-refractivity contribution in [3.8, 4) is 22.8 Å². The maximum atomic E-state index is 15.4. The Bertz CT molecular complexity index is 4550. The minimum absolute atomic E-state index is 0. The van der Waals surface area contributed by atoms with Gasteiger partial charge >= 0.3 is 77.2 Å². The van der Waals surface area contributed by atoms with E-state index in [0.717, 1.165) is 11.1 Å². The summed E-state index contributed by atoms with van der Waals surface area (Å²) >= 11 is 0. The molecule has 33 nitrogen and oxygen atoms in total. The van der Waals surface area contributed by atoms with E-state index in [-0.39, 0.29) is 200 Å². The SMILES string of the molecule is CCCNC(=O)Nc1cccc(S(=O)(=O)Nc2cccc([C@@H](CC(=O)[O-])NC(=O)Nc3ccc(NC(=O)NCCOCCOCCOCCC(=O)N[C@@H](CC(=O)[O-])C(=O)N4CCC[C@H]4C(=O)N[C@H](C(=O)N=[S@](C)(=O)Cc4cc5nc(c4)O[C@H](C)CCCCOc4cc(F)ccc4-c4cc(ncc4F)N5)C(C)C)cc3)c2)c1.[Na+].[Na+]. The van der Waals surface area contributed by atoms with Crippen LogP contribution in [0.1, 0.15) is 103 Å². The molecule has 0 spiro atoms. The standard InChI is InChI=1S/C74H92F2N14O19S2.2Na/c1-6-25-77-72(99)82-52-14-10-16-54(39-52)111(103,104)88-53-15-9-13-48(37-53)58(41-66(92)93)84-74(101)81-51-21-19-50(20-22-51)80-73(100)78-26-30-106-32-34-107-33-31-105-29-24-64(91)83-59(42-67(94)95)71(98)90-27-11-17-60(90)69(96)87-68(45(2)3)70(97)89-110(5,102)44-47-35-63-85-62-40-56(57(76)43-79-62)55-23-18-49(75)38-61(55)108-28-8-7-12-46(4)109-65(36-47)86-63;;/h9-10,13-16,18-23,35-40,43,45-46,58-60,68,88H,6-8,11-12,17,24-34,41-42,44H2,1-5H3,(H,83,91)(H,87,96)(H,92,93)(H,94,95)(H2,77,82,99)(H2,78,80,100)(H,79,85,86)(H2,81,84,101);;/q;2*+1/p-2/t46-,58-,59+,60+,68+,110-;;/m1../s1. The van der Waals surface area contributed by atoms with Crippen LogP contribution in [0.2, 0.25) is 0 Å².